The first-order valence-electron chi connectivity index (χ1n) is 11.5. The van der Waals surface area contributed by atoms with Crippen LogP contribution in [0.5, 0.6) is 0 Å². The number of nitrogens with one attached hydrogen (secondary N) is 1. The standard InChI is InChI=1S/C25H38N4/c1-19-18-27(4)15-16-29(19)21(3)24-12-11-23(26-20(2)22-9-10-22)17-25(24)28-13-7-5-6-8-14-28/h11-12,17,19,22,26H,2-3,5-10,13-16,18H2,1,4H3. The number of allylic oxidation sites excluding steroid dienone is 1. The number of hydrogen-bond acceptors (Lipinski definition) is 4. The van der Waals surface area contributed by atoms with Crippen LogP contribution < -0.4 is 10.2 Å². The highest BCUT2D eigenvalue weighted by Gasteiger charge is 2.27. The molecule has 1 N–H and O–H groups in total. The Morgan fingerprint density at radius 2 is 1.72 bits per heavy atom. The summed E-state index contributed by atoms with van der Waals surface area (Å²) in [5.41, 5.74) is 6.16. The van der Waals surface area contributed by atoms with Gasteiger partial charge in [-0.25, -0.2) is 0 Å². The second-order valence-corrected chi connectivity index (χ2v) is 9.31. The molecule has 29 heavy (non-hydrogen) atoms. The highest BCUT2D eigenvalue weighted by atomic mass is 15.3. The Morgan fingerprint density at radius 3 is 2.38 bits per heavy atom. The third-order valence-corrected chi connectivity index (χ3v) is 6.81. The van der Waals surface area contributed by atoms with Crippen molar-refractivity contribution in [2.45, 2.75) is 51.5 Å². The summed E-state index contributed by atoms with van der Waals surface area (Å²) in [4.78, 5) is 7.52. The number of hydrogen-bond donors (Lipinski definition) is 1. The Morgan fingerprint density at radius 1 is 1.00 bits per heavy atom. The molecule has 2 aliphatic heterocycles. The molecule has 2 saturated heterocycles. The Balaban J connectivity index is 1.61. The van der Waals surface area contributed by atoms with Gasteiger partial charge in [0.1, 0.15) is 0 Å². The van der Waals surface area contributed by atoms with E-state index < -0.39 is 0 Å². The first-order chi connectivity index (χ1) is 14.0. The third kappa shape index (κ3) is 4.80. The number of piperazine rings is 1. The fourth-order valence-corrected chi connectivity index (χ4v) is 4.84. The van der Waals surface area contributed by atoms with E-state index in [0.717, 1.165) is 32.7 Å². The lowest BCUT2D eigenvalue weighted by molar-refractivity contribution is 0.153. The van der Waals surface area contributed by atoms with Gasteiger partial charge in [0, 0.05) is 67.1 Å². The average Bonchev–Trinajstić information content (AvgIpc) is 3.54. The van der Waals surface area contributed by atoms with Gasteiger partial charge in [0.2, 0.25) is 0 Å². The fraction of sp³-hybridized carbons (Fsp3) is 0.600. The van der Waals surface area contributed by atoms with Crippen molar-refractivity contribution < 1.29 is 0 Å². The molecule has 4 nitrogen and oxygen atoms in total. The van der Waals surface area contributed by atoms with Crippen LogP contribution in [0, 0.1) is 5.92 Å². The molecule has 0 radical (unpaired) electrons. The topological polar surface area (TPSA) is 21.8 Å². The van der Waals surface area contributed by atoms with E-state index in [-0.39, 0.29) is 0 Å². The van der Waals surface area contributed by atoms with Crippen molar-refractivity contribution in [2.24, 2.45) is 5.92 Å². The summed E-state index contributed by atoms with van der Waals surface area (Å²) in [7, 11) is 2.21. The molecule has 0 aromatic heterocycles. The second-order valence-electron chi connectivity index (χ2n) is 9.31. The van der Waals surface area contributed by atoms with Crippen molar-refractivity contribution >= 4 is 17.1 Å². The number of anilines is 2. The van der Waals surface area contributed by atoms with Crippen molar-refractivity contribution in [3.8, 4) is 0 Å². The molecule has 1 saturated carbocycles. The Kier molecular flexibility index (Phi) is 6.19. The molecule has 1 aromatic rings. The van der Waals surface area contributed by atoms with E-state index in [1.165, 1.54) is 66.9 Å². The molecule has 1 aromatic carbocycles. The predicted octanol–water partition coefficient (Wildman–Crippen LogP) is 5.01. The van der Waals surface area contributed by atoms with Gasteiger partial charge in [-0.15, -0.1) is 0 Å². The van der Waals surface area contributed by atoms with E-state index in [1.54, 1.807) is 0 Å². The first-order valence-corrected chi connectivity index (χ1v) is 11.5. The Hall–Kier alpha value is -1.94. The third-order valence-electron chi connectivity index (χ3n) is 6.81. The van der Waals surface area contributed by atoms with E-state index in [4.69, 9.17) is 0 Å². The summed E-state index contributed by atoms with van der Waals surface area (Å²) in [5, 5.41) is 3.59. The molecule has 2 heterocycles. The zero-order chi connectivity index (χ0) is 20.4. The van der Waals surface area contributed by atoms with Gasteiger partial charge in [-0.1, -0.05) is 26.0 Å². The minimum Gasteiger partial charge on any atom is -0.371 e. The van der Waals surface area contributed by atoms with Crippen molar-refractivity contribution in [3.05, 3.63) is 42.6 Å². The number of likely N-dealkylation sites (N-methyl/N-ethyl adjacent to an activating group) is 1. The summed E-state index contributed by atoms with van der Waals surface area (Å²) in [6.07, 6.45) is 7.81. The summed E-state index contributed by atoms with van der Waals surface area (Å²) in [6.45, 7) is 16.7. The Bertz CT molecular complexity index is 743. The van der Waals surface area contributed by atoms with Crippen molar-refractivity contribution in [2.75, 3.05) is 50.0 Å². The molecule has 3 aliphatic rings. The molecule has 1 aliphatic carbocycles. The quantitative estimate of drug-likeness (QED) is 0.732. The monoisotopic (exact) mass is 394 g/mol. The second kappa shape index (κ2) is 8.83. The van der Waals surface area contributed by atoms with Gasteiger partial charge in [-0.05, 0) is 63.8 Å². The van der Waals surface area contributed by atoms with Crippen molar-refractivity contribution in [1.82, 2.24) is 9.80 Å². The van der Waals surface area contributed by atoms with E-state index in [2.05, 4.69) is 65.3 Å². The maximum absolute atomic E-state index is 4.57. The van der Waals surface area contributed by atoms with Crippen LogP contribution in [0.1, 0.15) is 51.0 Å². The zero-order valence-corrected chi connectivity index (χ0v) is 18.4. The molecule has 0 amide bonds. The van der Waals surface area contributed by atoms with Gasteiger partial charge in [-0.3, -0.25) is 0 Å². The minimum atomic E-state index is 0.491. The summed E-state index contributed by atoms with van der Waals surface area (Å²) >= 11 is 0. The van der Waals surface area contributed by atoms with Crippen LogP contribution in [0.15, 0.2) is 37.1 Å². The lowest BCUT2D eigenvalue weighted by Gasteiger charge is -2.41. The lowest BCUT2D eigenvalue weighted by atomic mass is 10.0. The van der Waals surface area contributed by atoms with Crippen molar-refractivity contribution in [1.29, 1.82) is 0 Å². The fourth-order valence-electron chi connectivity index (χ4n) is 4.84. The molecule has 4 heteroatoms. The van der Waals surface area contributed by atoms with Crippen LogP contribution >= 0.6 is 0 Å². The van der Waals surface area contributed by atoms with Crippen LogP contribution in [0.3, 0.4) is 0 Å². The molecule has 1 unspecified atom stereocenters. The van der Waals surface area contributed by atoms with Crippen LogP contribution in [-0.2, 0) is 0 Å². The largest absolute Gasteiger partial charge is 0.371 e. The molecular weight excluding hydrogens is 356 g/mol. The van der Waals surface area contributed by atoms with Crippen LogP contribution in [0.25, 0.3) is 5.70 Å². The predicted molar refractivity (Wildman–Crippen MR) is 125 cm³/mol. The van der Waals surface area contributed by atoms with Gasteiger partial charge in [0.05, 0.1) is 0 Å². The van der Waals surface area contributed by atoms with Gasteiger partial charge >= 0.3 is 0 Å². The molecule has 0 spiro atoms. The van der Waals surface area contributed by atoms with Gasteiger partial charge in [-0.2, -0.15) is 0 Å². The Labute approximate surface area is 177 Å². The SMILES string of the molecule is C=C(Nc1ccc(C(=C)N2CCN(C)CC2C)c(N2CCCCCC2)c1)C1CC1. The maximum atomic E-state index is 4.57. The van der Waals surface area contributed by atoms with Gasteiger partial charge < -0.3 is 20.0 Å². The van der Waals surface area contributed by atoms with E-state index >= 15 is 0 Å². The molecule has 4 rings (SSSR count). The normalized spacial score (nSPS) is 23.6. The van der Waals surface area contributed by atoms with Crippen LogP contribution in [-0.4, -0.2) is 55.6 Å². The number of rotatable bonds is 6. The summed E-state index contributed by atoms with van der Waals surface area (Å²) in [6, 6.07) is 7.34. The molecule has 0 bridgehead atoms. The highest BCUT2D eigenvalue weighted by Crippen LogP contribution is 2.38. The highest BCUT2D eigenvalue weighted by molar-refractivity contribution is 5.78. The van der Waals surface area contributed by atoms with E-state index in [0.29, 0.717) is 12.0 Å². The summed E-state index contributed by atoms with van der Waals surface area (Å²) < 4.78 is 0. The molecule has 1 atom stereocenters. The maximum Gasteiger partial charge on any atom is 0.0481 e. The first kappa shape index (κ1) is 20.3. The number of nitrogens with zero attached hydrogens (tertiary/aromatic N) is 3. The van der Waals surface area contributed by atoms with Crippen LogP contribution in [0.4, 0.5) is 11.4 Å². The number of benzene rings is 1. The zero-order valence-electron chi connectivity index (χ0n) is 18.4. The smallest absolute Gasteiger partial charge is 0.0481 e. The summed E-state index contributed by atoms with van der Waals surface area (Å²) in [5.74, 6) is 0.664. The van der Waals surface area contributed by atoms with Crippen molar-refractivity contribution in [3.63, 3.8) is 0 Å². The molecule has 158 valence electrons. The van der Waals surface area contributed by atoms with Gasteiger partial charge in [0.25, 0.3) is 0 Å². The average molecular weight is 395 g/mol. The molecular formula is C25H38N4. The van der Waals surface area contributed by atoms with E-state index in [9.17, 15) is 0 Å². The lowest BCUT2D eigenvalue weighted by Crippen LogP contribution is -2.49. The van der Waals surface area contributed by atoms with Gasteiger partial charge in [0.15, 0.2) is 0 Å². The van der Waals surface area contributed by atoms with Crippen LogP contribution in [0.2, 0.25) is 0 Å². The minimum absolute atomic E-state index is 0.491. The molecule has 3 fully saturated rings. The van der Waals surface area contributed by atoms with E-state index in [1.807, 2.05) is 0 Å².